The zero-order valence-corrected chi connectivity index (χ0v) is 9.25. The fraction of sp³-hybridized carbons (Fsp3) is 1.00. The summed E-state index contributed by atoms with van der Waals surface area (Å²) in [4.78, 5) is 14.4. The van der Waals surface area contributed by atoms with Gasteiger partial charge in [-0.25, -0.2) is 14.7 Å². The molecule has 0 radical (unpaired) electrons. The summed E-state index contributed by atoms with van der Waals surface area (Å²) in [6.45, 7) is 10.8. The van der Waals surface area contributed by atoms with Crippen LogP contribution in [0, 0.1) is 0 Å². The van der Waals surface area contributed by atoms with E-state index in [4.69, 9.17) is 15.0 Å². The van der Waals surface area contributed by atoms with Gasteiger partial charge in [0, 0.05) is 0 Å². The highest BCUT2D eigenvalue weighted by atomic mass is 17.2. The van der Waals surface area contributed by atoms with E-state index in [9.17, 15) is 0 Å². The van der Waals surface area contributed by atoms with Crippen LogP contribution in [0.5, 0.6) is 0 Å². The molecule has 4 heteroatoms. The molecule has 0 spiro atoms. The summed E-state index contributed by atoms with van der Waals surface area (Å²) in [6.07, 6.45) is -0.350. The van der Waals surface area contributed by atoms with Crippen LogP contribution in [0.2, 0.25) is 0 Å². The van der Waals surface area contributed by atoms with Crippen molar-refractivity contribution < 1.29 is 19.9 Å². The van der Waals surface area contributed by atoms with E-state index < -0.39 is 5.60 Å². The Balaban J connectivity index is 3.95. The van der Waals surface area contributed by atoms with Crippen molar-refractivity contribution in [1.82, 2.24) is 0 Å². The van der Waals surface area contributed by atoms with E-state index in [1.807, 2.05) is 20.8 Å². The third kappa shape index (κ3) is 5.21. The van der Waals surface area contributed by atoms with Gasteiger partial charge in [-0.3, -0.25) is 5.26 Å². The van der Waals surface area contributed by atoms with Crippen LogP contribution >= 0.6 is 0 Å². The molecule has 1 unspecified atom stereocenters. The summed E-state index contributed by atoms with van der Waals surface area (Å²) in [6, 6.07) is 0. The van der Waals surface area contributed by atoms with Crippen molar-refractivity contribution in [2.45, 2.75) is 58.8 Å². The van der Waals surface area contributed by atoms with Gasteiger partial charge in [-0.1, -0.05) is 0 Å². The molecule has 0 aliphatic heterocycles. The zero-order chi connectivity index (χ0) is 10.7. The van der Waals surface area contributed by atoms with E-state index in [1.165, 1.54) is 0 Å². The molecule has 0 aromatic heterocycles. The summed E-state index contributed by atoms with van der Waals surface area (Å²) in [7, 11) is 0. The maximum atomic E-state index is 8.56. The van der Waals surface area contributed by atoms with Crippen molar-refractivity contribution in [3.8, 4) is 0 Å². The van der Waals surface area contributed by atoms with Gasteiger partial charge in [0.1, 0.15) is 11.7 Å². The molecule has 0 saturated heterocycles. The first-order chi connectivity index (χ1) is 5.69. The lowest BCUT2D eigenvalue weighted by Gasteiger charge is -2.29. The maximum Gasteiger partial charge on any atom is 0.127 e. The predicted molar refractivity (Wildman–Crippen MR) is 49.2 cm³/mol. The Labute approximate surface area is 79.7 Å². The molecule has 80 valence electrons. The highest BCUT2D eigenvalue weighted by Gasteiger charge is 2.30. The van der Waals surface area contributed by atoms with Crippen molar-refractivity contribution in [3.63, 3.8) is 0 Å². The highest BCUT2D eigenvalue weighted by molar-refractivity contribution is 4.74. The van der Waals surface area contributed by atoms with Crippen LogP contribution in [-0.4, -0.2) is 22.6 Å². The van der Waals surface area contributed by atoms with Gasteiger partial charge >= 0.3 is 0 Å². The Hall–Kier alpha value is -0.160. The molecule has 0 aromatic rings. The minimum atomic E-state index is -0.773. The Morgan fingerprint density at radius 3 is 1.85 bits per heavy atom. The third-order valence-corrected chi connectivity index (χ3v) is 1.66. The average Bonchev–Trinajstić information content (AvgIpc) is 1.98. The number of rotatable bonds is 4. The van der Waals surface area contributed by atoms with E-state index in [2.05, 4.69) is 4.89 Å². The first kappa shape index (κ1) is 12.8. The highest BCUT2D eigenvalue weighted by Crippen LogP contribution is 2.19. The molecule has 0 aliphatic rings. The van der Waals surface area contributed by atoms with E-state index >= 15 is 0 Å². The second-order valence-electron chi connectivity index (χ2n) is 4.63. The summed E-state index contributed by atoms with van der Waals surface area (Å²) < 4.78 is 0. The van der Waals surface area contributed by atoms with Crippen LogP contribution in [-0.2, 0) is 14.7 Å². The van der Waals surface area contributed by atoms with E-state index in [0.717, 1.165) is 0 Å². The number of hydrogen-bond donors (Lipinski definition) is 1. The molecule has 13 heavy (non-hydrogen) atoms. The van der Waals surface area contributed by atoms with Crippen molar-refractivity contribution in [2.24, 2.45) is 0 Å². The van der Waals surface area contributed by atoms with Crippen molar-refractivity contribution in [3.05, 3.63) is 0 Å². The van der Waals surface area contributed by atoms with Gasteiger partial charge in [0.05, 0.1) is 5.60 Å². The molecule has 0 rings (SSSR count). The van der Waals surface area contributed by atoms with Crippen molar-refractivity contribution in [1.29, 1.82) is 0 Å². The van der Waals surface area contributed by atoms with Crippen molar-refractivity contribution >= 4 is 0 Å². The van der Waals surface area contributed by atoms with Gasteiger partial charge < -0.3 is 0 Å². The molecule has 4 nitrogen and oxygen atoms in total. The van der Waals surface area contributed by atoms with Gasteiger partial charge in [-0.15, -0.1) is 0 Å². The third-order valence-electron chi connectivity index (χ3n) is 1.66. The Kier molecular flexibility index (Phi) is 4.32. The quantitative estimate of drug-likeness (QED) is 0.549. The normalized spacial score (nSPS) is 15.9. The van der Waals surface area contributed by atoms with Gasteiger partial charge in [0.2, 0.25) is 0 Å². The second-order valence-corrected chi connectivity index (χ2v) is 4.63. The maximum absolute atomic E-state index is 8.56. The molecule has 1 N–H and O–H groups in total. The molecule has 0 aliphatic carbocycles. The van der Waals surface area contributed by atoms with E-state index in [1.54, 1.807) is 20.8 Å². The molecular formula is C9H20O4. The van der Waals surface area contributed by atoms with Gasteiger partial charge in [0.15, 0.2) is 0 Å². The molecule has 0 fully saturated rings. The Morgan fingerprint density at radius 2 is 1.54 bits per heavy atom. The summed E-state index contributed by atoms with van der Waals surface area (Å²) in [5, 5.41) is 8.56. The lowest BCUT2D eigenvalue weighted by molar-refractivity contribution is -0.420. The lowest BCUT2D eigenvalue weighted by atomic mass is 10.0. The van der Waals surface area contributed by atoms with Gasteiger partial charge in [-0.2, -0.15) is 0 Å². The summed E-state index contributed by atoms with van der Waals surface area (Å²) in [5.74, 6) is 0. The Bertz CT molecular complexity index is 148. The Morgan fingerprint density at radius 1 is 1.08 bits per heavy atom. The first-order valence-corrected chi connectivity index (χ1v) is 4.36. The van der Waals surface area contributed by atoms with Crippen LogP contribution < -0.4 is 0 Å². The fourth-order valence-corrected chi connectivity index (χ4v) is 0.407. The predicted octanol–water partition coefficient (Wildman–Crippen LogP) is 2.39. The summed E-state index contributed by atoms with van der Waals surface area (Å²) in [5.41, 5.74) is -1.13. The fourth-order valence-electron chi connectivity index (χ4n) is 0.407. The van der Waals surface area contributed by atoms with Gasteiger partial charge in [-0.05, 0) is 41.5 Å². The minimum Gasteiger partial charge on any atom is -0.251 e. The zero-order valence-electron chi connectivity index (χ0n) is 9.25. The topological polar surface area (TPSA) is 47.9 Å². The molecule has 0 amide bonds. The molecule has 0 bridgehead atoms. The van der Waals surface area contributed by atoms with Gasteiger partial charge in [0.25, 0.3) is 0 Å². The van der Waals surface area contributed by atoms with Crippen molar-refractivity contribution in [2.75, 3.05) is 0 Å². The minimum absolute atomic E-state index is 0.350. The SMILES string of the molecule is CC(OOC(C)(C)C)C(C)(C)OO. The lowest BCUT2D eigenvalue weighted by Crippen LogP contribution is -2.39. The number of hydrogen-bond acceptors (Lipinski definition) is 4. The van der Waals surface area contributed by atoms with E-state index in [0.29, 0.717) is 0 Å². The molecule has 0 saturated carbocycles. The monoisotopic (exact) mass is 192 g/mol. The van der Waals surface area contributed by atoms with Crippen LogP contribution in [0.3, 0.4) is 0 Å². The van der Waals surface area contributed by atoms with E-state index in [-0.39, 0.29) is 11.7 Å². The van der Waals surface area contributed by atoms with Crippen LogP contribution in [0.25, 0.3) is 0 Å². The molecular weight excluding hydrogens is 172 g/mol. The largest absolute Gasteiger partial charge is 0.251 e. The molecule has 0 heterocycles. The smallest absolute Gasteiger partial charge is 0.127 e. The van der Waals surface area contributed by atoms with Crippen LogP contribution in [0.4, 0.5) is 0 Å². The first-order valence-electron chi connectivity index (χ1n) is 4.36. The van der Waals surface area contributed by atoms with Crippen LogP contribution in [0.1, 0.15) is 41.5 Å². The average molecular weight is 192 g/mol. The second kappa shape index (κ2) is 4.37. The molecule has 0 aromatic carbocycles. The molecule has 1 atom stereocenters. The van der Waals surface area contributed by atoms with Crippen LogP contribution in [0.15, 0.2) is 0 Å². The standard InChI is InChI=1S/C9H20O4/c1-7(9(5,6)12-10)11-13-8(2,3)4/h7,10H,1-6H3. The summed E-state index contributed by atoms with van der Waals surface area (Å²) >= 11 is 0.